The zero-order chi connectivity index (χ0) is 35.7. The van der Waals surface area contributed by atoms with E-state index in [-0.39, 0.29) is 49.4 Å². The van der Waals surface area contributed by atoms with E-state index in [0.717, 1.165) is 11.8 Å². The summed E-state index contributed by atoms with van der Waals surface area (Å²) >= 11 is 5.54. The van der Waals surface area contributed by atoms with Crippen LogP contribution < -0.4 is 20.8 Å². The average molecular weight is 731 g/mol. The highest BCUT2D eigenvalue weighted by molar-refractivity contribution is 7.80. The Morgan fingerprint density at radius 1 is 1.24 bits per heavy atom. The fourth-order valence-electron chi connectivity index (χ4n) is 4.80. The van der Waals surface area contributed by atoms with Crippen molar-refractivity contribution in [1.29, 1.82) is 5.41 Å². The summed E-state index contributed by atoms with van der Waals surface area (Å²) in [6, 6.07) is 17.7. The molecule has 4 rings (SSSR count). The number of amides is 2. The quantitative estimate of drug-likeness (QED) is 0.0516. The molecule has 0 aromatic heterocycles. The number of benzene rings is 3. The lowest BCUT2D eigenvalue weighted by Gasteiger charge is -2.25. The van der Waals surface area contributed by atoms with Gasteiger partial charge >= 0.3 is 13.7 Å². The van der Waals surface area contributed by atoms with E-state index in [1.165, 1.54) is 17.9 Å². The van der Waals surface area contributed by atoms with Crippen LogP contribution in [-0.2, 0) is 31.6 Å². The van der Waals surface area contributed by atoms with Gasteiger partial charge in [0.1, 0.15) is 23.1 Å². The molecule has 3 aromatic carbocycles. The molecule has 2 amide bonds. The van der Waals surface area contributed by atoms with Gasteiger partial charge in [0.25, 0.3) is 5.17 Å². The predicted molar refractivity (Wildman–Crippen MR) is 186 cm³/mol. The summed E-state index contributed by atoms with van der Waals surface area (Å²) < 4.78 is 49.2. The van der Waals surface area contributed by atoms with E-state index in [9.17, 15) is 28.5 Å². The van der Waals surface area contributed by atoms with Crippen molar-refractivity contribution in [1.82, 2.24) is 10.2 Å². The molecule has 14 nitrogen and oxygen atoms in total. The smallest absolute Gasteiger partial charge is 0.414 e. The van der Waals surface area contributed by atoms with Crippen LogP contribution in [0.15, 0.2) is 71.8 Å². The number of cyclic esters (lactones) is 1. The predicted octanol–water partition coefficient (Wildman–Crippen LogP) is 4.42. The van der Waals surface area contributed by atoms with Crippen molar-refractivity contribution in [3.05, 3.63) is 83.7 Å². The summed E-state index contributed by atoms with van der Waals surface area (Å²) in [5, 5.41) is 12.5. The monoisotopic (exact) mass is 730 g/mol. The Morgan fingerprint density at radius 3 is 2.49 bits per heavy atom. The number of hydrogen-bond donors (Lipinski definition) is 5. The topological polar surface area (TPSA) is 208 Å². The molecule has 1 unspecified atom stereocenters. The number of nitrogens with one attached hydrogen (secondary N) is 2. The van der Waals surface area contributed by atoms with Crippen LogP contribution >= 0.6 is 28.3 Å². The SMILES string of the molecule is CC(=O)NC[C@H]1CN(c2ccc(-c3ccc(CN(CC(C=N)=NN)C(=S)Oc4ccc(CC(P=O)P(=O)(O)O)cc4)cc3)c(F)c2)C(=O)O1. The van der Waals surface area contributed by atoms with Gasteiger partial charge in [-0.3, -0.25) is 18.8 Å². The van der Waals surface area contributed by atoms with Gasteiger partial charge in [0.2, 0.25) is 5.91 Å². The normalized spacial score (nSPS) is 15.4. The third-order valence-electron chi connectivity index (χ3n) is 7.36. The van der Waals surface area contributed by atoms with Crippen LogP contribution in [0.3, 0.4) is 0 Å². The maximum absolute atomic E-state index is 15.3. The van der Waals surface area contributed by atoms with Crippen LogP contribution in [0, 0.1) is 11.2 Å². The van der Waals surface area contributed by atoms with Gasteiger partial charge in [-0.05, 0) is 65.7 Å². The molecule has 1 aliphatic heterocycles. The number of nitrogens with zero attached hydrogens (tertiary/aromatic N) is 3. The molecule has 0 saturated carbocycles. The Labute approximate surface area is 287 Å². The first-order valence-electron chi connectivity index (χ1n) is 14.6. The minimum atomic E-state index is -4.55. The molecule has 6 N–H and O–H groups in total. The van der Waals surface area contributed by atoms with Crippen LogP contribution in [0.5, 0.6) is 5.75 Å². The van der Waals surface area contributed by atoms with E-state index in [0.29, 0.717) is 28.1 Å². The maximum Gasteiger partial charge on any atom is 0.414 e. The summed E-state index contributed by atoms with van der Waals surface area (Å²) in [7, 11) is -5.21. The number of hydrogen-bond acceptors (Lipinski definition) is 10. The molecule has 0 radical (unpaired) electrons. The summed E-state index contributed by atoms with van der Waals surface area (Å²) in [6.45, 7) is 1.92. The number of thiocarbonyl (C=S) groups is 1. The standard InChI is InChI=1S/C31H33FN6O8P2S/c1-19(39)35-15-26-18-38(30(40)45-26)24-8-11-27(28(32)13-24)22-6-2-21(3-7-22)16-37(17-23(14-33)36-34)31(49)46-25-9-4-20(5-10-25)12-29(47-41)48(42,43)44/h2-11,13-14,26,29,33H,12,15-18,34H2,1H3,(H,35,39)(H2,42,43,44)/t26-,29?/m0/s1. The number of anilines is 1. The first kappa shape index (κ1) is 37.2. The van der Waals surface area contributed by atoms with Gasteiger partial charge in [0.05, 0.1) is 31.0 Å². The lowest BCUT2D eigenvalue weighted by molar-refractivity contribution is -0.119. The van der Waals surface area contributed by atoms with Gasteiger partial charge in [0.15, 0.2) is 8.46 Å². The van der Waals surface area contributed by atoms with Gasteiger partial charge in [-0.1, -0.05) is 36.4 Å². The van der Waals surface area contributed by atoms with E-state index >= 15 is 4.39 Å². The zero-order valence-corrected chi connectivity index (χ0v) is 28.7. The second-order valence-corrected chi connectivity index (χ2v) is 14.3. The molecule has 3 aromatic rings. The molecular weight excluding hydrogens is 697 g/mol. The number of halogens is 1. The molecule has 1 aliphatic rings. The molecular formula is C31H33FN6O8P2S. The lowest BCUT2D eigenvalue weighted by atomic mass is 10.0. The van der Waals surface area contributed by atoms with Crippen LogP contribution in [0.4, 0.5) is 14.9 Å². The molecule has 0 aliphatic carbocycles. The maximum atomic E-state index is 15.3. The van der Waals surface area contributed by atoms with Crippen molar-refractivity contribution in [3.63, 3.8) is 0 Å². The molecule has 258 valence electrons. The van der Waals surface area contributed by atoms with E-state index < -0.39 is 39.5 Å². The Morgan fingerprint density at radius 2 is 1.92 bits per heavy atom. The highest BCUT2D eigenvalue weighted by Crippen LogP contribution is 2.48. The Kier molecular flexibility index (Phi) is 12.7. The molecule has 1 fully saturated rings. The van der Waals surface area contributed by atoms with Crippen molar-refractivity contribution in [3.8, 4) is 16.9 Å². The first-order valence-corrected chi connectivity index (χ1v) is 17.6. The number of rotatable bonds is 14. The highest BCUT2D eigenvalue weighted by atomic mass is 32.1. The van der Waals surface area contributed by atoms with E-state index in [4.69, 9.17) is 32.9 Å². The number of carbonyl (C=O) groups excluding carboxylic acids is 2. The zero-order valence-electron chi connectivity index (χ0n) is 26.1. The number of nitrogens with two attached hydrogens (primary N) is 1. The summed E-state index contributed by atoms with van der Waals surface area (Å²) in [4.78, 5) is 45.2. The Bertz CT molecular complexity index is 1790. The Hall–Kier alpha value is -4.59. The molecule has 0 bridgehead atoms. The third-order valence-corrected chi connectivity index (χ3v) is 10.3. The average Bonchev–Trinajstić information content (AvgIpc) is 3.45. The highest BCUT2D eigenvalue weighted by Gasteiger charge is 2.33. The summed E-state index contributed by atoms with van der Waals surface area (Å²) in [5.74, 6) is 4.96. The summed E-state index contributed by atoms with van der Waals surface area (Å²) in [6.07, 6.45) is -0.312. The third kappa shape index (κ3) is 10.2. The number of ether oxygens (including phenoxy) is 2. The first-order chi connectivity index (χ1) is 23.3. The molecule has 49 heavy (non-hydrogen) atoms. The van der Waals surface area contributed by atoms with Crippen molar-refractivity contribution < 1.29 is 42.4 Å². The van der Waals surface area contributed by atoms with Crippen LogP contribution in [-0.4, -0.2) is 74.9 Å². The fraction of sp³-hybridized carbons (Fsp3) is 0.258. The molecule has 2 atom stereocenters. The lowest BCUT2D eigenvalue weighted by Crippen LogP contribution is -2.37. The van der Waals surface area contributed by atoms with E-state index in [1.54, 1.807) is 65.6 Å². The summed E-state index contributed by atoms with van der Waals surface area (Å²) in [5.41, 5.74) is 2.71. The Balaban J connectivity index is 1.44. The second-order valence-electron chi connectivity index (χ2n) is 10.9. The van der Waals surface area contributed by atoms with Crippen molar-refractivity contribution in [2.45, 2.75) is 31.4 Å². The minimum Gasteiger partial charge on any atom is -0.442 e. The second kappa shape index (κ2) is 16.7. The molecule has 1 saturated heterocycles. The van der Waals surface area contributed by atoms with E-state index in [2.05, 4.69) is 10.4 Å². The number of carbonyl (C=O) groups is 2. The van der Waals surface area contributed by atoms with Crippen LogP contribution in [0.1, 0.15) is 18.1 Å². The van der Waals surface area contributed by atoms with Crippen LogP contribution in [0.2, 0.25) is 0 Å². The van der Waals surface area contributed by atoms with Gasteiger partial charge in [-0.2, -0.15) is 5.10 Å². The fourth-order valence-corrected chi connectivity index (χ4v) is 6.25. The van der Waals surface area contributed by atoms with Crippen molar-refractivity contribution in [2.75, 3.05) is 24.5 Å². The van der Waals surface area contributed by atoms with Gasteiger partial charge in [-0.25, -0.2) is 9.18 Å². The van der Waals surface area contributed by atoms with Crippen molar-refractivity contribution in [2.24, 2.45) is 10.9 Å². The van der Waals surface area contributed by atoms with Gasteiger partial charge in [0, 0.05) is 25.2 Å². The molecule has 1 heterocycles. The number of hydrazone groups is 1. The van der Waals surface area contributed by atoms with Crippen LogP contribution in [0.25, 0.3) is 11.1 Å². The molecule has 18 heteroatoms. The minimum absolute atomic E-state index is 0.0207. The van der Waals surface area contributed by atoms with Gasteiger partial charge < -0.3 is 40.7 Å². The van der Waals surface area contributed by atoms with Crippen molar-refractivity contribution >= 4 is 63.1 Å². The largest absolute Gasteiger partial charge is 0.442 e. The van der Waals surface area contributed by atoms with Gasteiger partial charge in [-0.15, -0.1) is 0 Å². The van der Waals surface area contributed by atoms with E-state index in [1.807, 2.05) is 0 Å². The molecule has 0 spiro atoms.